The van der Waals surface area contributed by atoms with Gasteiger partial charge in [0.2, 0.25) is 0 Å². The highest BCUT2D eigenvalue weighted by molar-refractivity contribution is 5.58. The van der Waals surface area contributed by atoms with Crippen LogP contribution in [0, 0.1) is 0 Å². The van der Waals surface area contributed by atoms with E-state index in [-0.39, 0.29) is 19.2 Å². The van der Waals surface area contributed by atoms with Gasteiger partial charge in [0.05, 0.1) is 25.5 Å². The van der Waals surface area contributed by atoms with E-state index in [9.17, 15) is 5.11 Å². The fourth-order valence-electron chi connectivity index (χ4n) is 1.93. The fourth-order valence-corrected chi connectivity index (χ4v) is 1.93. The van der Waals surface area contributed by atoms with Gasteiger partial charge in [-0.2, -0.15) is 0 Å². The summed E-state index contributed by atoms with van der Waals surface area (Å²) in [6.07, 6.45) is 4.06. The molecule has 0 saturated heterocycles. The summed E-state index contributed by atoms with van der Waals surface area (Å²) in [4.78, 5) is 7.98. The minimum atomic E-state index is -0.855. The van der Waals surface area contributed by atoms with Crippen LogP contribution in [0.2, 0.25) is 0 Å². The summed E-state index contributed by atoms with van der Waals surface area (Å²) in [6.45, 7) is -0.126. The Morgan fingerprint density at radius 2 is 1.87 bits per heavy atom. The molecule has 8 heteroatoms. The standard InChI is InChI=1S/C15H15N5O3/c21-10-12(22)8-20-9-14(18-19-20)11-2-4-13(5-3-11)23-15-16-6-1-7-17-15/h1-7,9,12,21-22H,8,10H2. The molecule has 1 unspecified atom stereocenters. The highest BCUT2D eigenvalue weighted by Gasteiger charge is 2.08. The predicted molar refractivity (Wildman–Crippen MR) is 80.7 cm³/mol. The molecule has 2 aromatic heterocycles. The van der Waals surface area contributed by atoms with Gasteiger partial charge >= 0.3 is 6.01 Å². The van der Waals surface area contributed by atoms with Crippen LogP contribution in [-0.2, 0) is 6.54 Å². The van der Waals surface area contributed by atoms with Crippen LogP contribution < -0.4 is 4.74 Å². The molecule has 0 aliphatic carbocycles. The number of ether oxygens (including phenoxy) is 1. The van der Waals surface area contributed by atoms with Crippen molar-refractivity contribution in [1.82, 2.24) is 25.0 Å². The molecule has 0 fully saturated rings. The summed E-state index contributed by atoms with van der Waals surface area (Å²) < 4.78 is 7.00. The molecule has 0 bridgehead atoms. The fraction of sp³-hybridized carbons (Fsp3) is 0.200. The number of aromatic nitrogens is 5. The van der Waals surface area contributed by atoms with Crippen LogP contribution in [0.1, 0.15) is 0 Å². The maximum absolute atomic E-state index is 9.40. The third-order valence-corrected chi connectivity index (χ3v) is 3.05. The van der Waals surface area contributed by atoms with Crippen LogP contribution in [0.3, 0.4) is 0 Å². The highest BCUT2D eigenvalue weighted by Crippen LogP contribution is 2.22. The topological polar surface area (TPSA) is 106 Å². The molecule has 3 aromatic rings. The SMILES string of the molecule is OCC(O)Cn1cc(-c2ccc(Oc3ncccn3)cc2)nn1. The van der Waals surface area contributed by atoms with Crippen molar-refractivity contribution in [2.75, 3.05) is 6.61 Å². The quantitative estimate of drug-likeness (QED) is 0.695. The van der Waals surface area contributed by atoms with E-state index < -0.39 is 6.10 Å². The average Bonchev–Trinajstić information content (AvgIpc) is 3.05. The minimum Gasteiger partial charge on any atom is -0.424 e. The smallest absolute Gasteiger partial charge is 0.321 e. The van der Waals surface area contributed by atoms with Crippen molar-refractivity contribution in [1.29, 1.82) is 0 Å². The number of benzene rings is 1. The lowest BCUT2D eigenvalue weighted by Gasteiger charge is -2.05. The van der Waals surface area contributed by atoms with E-state index in [1.54, 1.807) is 36.8 Å². The van der Waals surface area contributed by atoms with Gasteiger partial charge in [-0.25, -0.2) is 14.6 Å². The first-order valence-electron chi connectivity index (χ1n) is 6.99. The van der Waals surface area contributed by atoms with Gasteiger partial charge in [0, 0.05) is 18.0 Å². The molecule has 0 amide bonds. The Morgan fingerprint density at radius 1 is 1.13 bits per heavy atom. The average molecular weight is 313 g/mol. The Kier molecular flexibility index (Phi) is 4.55. The minimum absolute atomic E-state index is 0.191. The van der Waals surface area contributed by atoms with Crippen molar-refractivity contribution in [2.24, 2.45) is 0 Å². The van der Waals surface area contributed by atoms with Crippen LogP contribution in [0.25, 0.3) is 11.3 Å². The number of rotatable bonds is 6. The molecule has 2 heterocycles. The van der Waals surface area contributed by atoms with Crippen molar-refractivity contribution in [3.63, 3.8) is 0 Å². The van der Waals surface area contributed by atoms with E-state index in [2.05, 4.69) is 20.3 Å². The van der Waals surface area contributed by atoms with Crippen molar-refractivity contribution in [2.45, 2.75) is 12.6 Å². The van der Waals surface area contributed by atoms with Crippen molar-refractivity contribution < 1.29 is 14.9 Å². The molecule has 2 N–H and O–H groups in total. The second-order valence-corrected chi connectivity index (χ2v) is 4.82. The number of aliphatic hydroxyl groups excluding tert-OH is 2. The number of aliphatic hydroxyl groups is 2. The lowest BCUT2D eigenvalue weighted by atomic mass is 10.2. The van der Waals surface area contributed by atoms with Gasteiger partial charge in [0.1, 0.15) is 11.4 Å². The molecule has 3 rings (SSSR count). The first-order valence-corrected chi connectivity index (χ1v) is 6.99. The highest BCUT2D eigenvalue weighted by atomic mass is 16.5. The van der Waals surface area contributed by atoms with Gasteiger partial charge < -0.3 is 14.9 Å². The molecule has 0 saturated carbocycles. The molecular formula is C15H15N5O3. The molecule has 1 atom stereocenters. The largest absolute Gasteiger partial charge is 0.424 e. The first-order chi connectivity index (χ1) is 11.2. The third-order valence-electron chi connectivity index (χ3n) is 3.05. The van der Waals surface area contributed by atoms with Gasteiger partial charge in [-0.05, 0) is 30.3 Å². The van der Waals surface area contributed by atoms with Crippen LogP contribution in [0.15, 0.2) is 48.9 Å². The van der Waals surface area contributed by atoms with E-state index in [0.717, 1.165) is 5.56 Å². The van der Waals surface area contributed by atoms with Crippen molar-refractivity contribution in [3.05, 3.63) is 48.9 Å². The maximum Gasteiger partial charge on any atom is 0.321 e. The van der Waals surface area contributed by atoms with E-state index in [1.165, 1.54) is 4.68 Å². The molecule has 1 aromatic carbocycles. The van der Waals surface area contributed by atoms with Crippen molar-refractivity contribution in [3.8, 4) is 23.0 Å². The summed E-state index contributed by atoms with van der Waals surface area (Å²) in [6, 6.07) is 9.25. The van der Waals surface area contributed by atoms with Gasteiger partial charge in [-0.1, -0.05) is 5.21 Å². The van der Waals surface area contributed by atoms with Gasteiger partial charge in [-0.3, -0.25) is 0 Å². The molecule has 0 radical (unpaired) electrons. The Labute approximate surface area is 132 Å². The first kappa shape index (κ1) is 15.1. The van der Waals surface area contributed by atoms with Gasteiger partial charge in [0.25, 0.3) is 0 Å². The summed E-state index contributed by atoms with van der Waals surface area (Å²) in [7, 11) is 0. The number of hydrogen-bond donors (Lipinski definition) is 2. The summed E-state index contributed by atoms with van der Waals surface area (Å²) in [5.74, 6) is 0.614. The van der Waals surface area contributed by atoms with E-state index in [4.69, 9.17) is 9.84 Å². The van der Waals surface area contributed by atoms with E-state index in [1.807, 2.05) is 12.1 Å². The molecule has 118 valence electrons. The Balaban J connectivity index is 1.70. The number of hydrogen-bond acceptors (Lipinski definition) is 7. The Hall–Kier alpha value is -2.84. The lowest BCUT2D eigenvalue weighted by Crippen LogP contribution is -2.20. The molecule has 8 nitrogen and oxygen atoms in total. The monoisotopic (exact) mass is 313 g/mol. The number of nitrogens with zero attached hydrogens (tertiary/aromatic N) is 5. The predicted octanol–water partition coefficient (Wildman–Crippen LogP) is 0.881. The van der Waals surface area contributed by atoms with Gasteiger partial charge in [0.15, 0.2) is 0 Å². The van der Waals surface area contributed by atoms with Crippen LogP contribution in [-0.4, -0.2) is 47.9 Å². The zero-order valence-corrected chi connectivity index (χ0v) is 12.1. The second kappa shape index (κ2) is 6.95. The second-order valence-electron chi connectivity index (χ2n) is 4.82. The zero-order valence-electron chi connectivity index (χ0n) is 12.1. The molecule has 0 spiro atoms. The summed E-state index contributed by atoms with van der Waals surface area (Å²) in [5.41, 5.74) is 1.52. The maximum atomic E-state index is 9.40. The lowest BCUT2D eigenvalue weighted by molar-refractivity contribution is 0.0778. The summed E-state index contributed by atoms with van der Waals surface area (Å²) in [5, 5.41) is 26.2. The van der Waals surface area contributed by atoms with E-state index >= 15 is 0 Å². The zero-order chi connectivity index (χ0) is 16.1. The summed E-state index contributed by atoms with van der Waals surface area (Å²) >= 11 is 0. The third kappa shape index (κ3) is 3.87. The molecule has 0 aliphatic rings. The van der Waals surface area contributed by atoms with Crippen LogP contribution >= 0.6 is 0 Å². The van der Waals surface area contributed by atoms with E-state index in [0.29, 0.717) is 11.4 Å². The Morgan fingerprint density at radius 3 is 2.57 bits per heavy atom. The molecular weight excluding hydrogens is 298 g/mol. The molecule has 23 heavy (non-hydrogen) atoms. The van der Waals surface area contributed by atoms with Gasteiger partial charge in [-0.15, -0.1) is 5.10 Å². The Bertz CT molecular complexity index is 745. The normalized spacial score (nSPS) is 12.1. The van der Waals surface area contributed by atoms with Crippen molar-refractivity contribution >= 4 is 0 Å². The van der Waals surface area contributed by atoms with Crippen LogP contribution in [0.5, 0.6) is 11.8 Å². The van der Waals surface area contributed by atoms with Crippen LogP contribution in [0.4, 0.5) is 0 Å². The molecule has 0 aliphatic heterocycles.